The van der Waals surface area contributed by atoms with Gasteiger partial charge in [-0.2, -0.15) is 0 Å². The molecule has 0 unspecified atom stereocenters. The molecule has 0 saturated carbocycles. The lowest BCUT2D eigenvalue weighted by Gasteiger charge is -2.30. The van der Waals surface area contributed by atoms with E-state index in [4.69, 9.17) is 0 Å². The maximum atomic E-state index is 13.1. The van der Waals surface area contributed by atoms with Gasteiger partial charge in [0, 0.05) is 13.0 Å². The molecule has 0 bridgehead atoms. The standard InChI is InChI=1S/C25H24N4O3/c30-23-17-29(22-14-8-7-13-20(22)27-23)25(32)28-21(15-18-9-3-1-4-10-18)24(31)26-16-19-11-5-2-6-12-19/h1-14,21H,15-17H2,(H,26,31)(H,27,30)(H,28,32)/t21-/m1/s1. The van der Waals surface area contributed by atoms with E-state index in [9.17, 15) is 14.4 Å². The molecule has 0 saturated heterocycles. The van der Waals surface area contributed by atoms with Gasteiger partial charge in [-0.1, -0.05) is 72.8 Å². The zero-order chi connectivity index (χ0) is 22.3. The molecule has 0 aliphatic carbocycles. The lowest BCUT2D eigenvalue weighted by molar-refractivity contribution is -0.123. The molecule has 1 aliphatic heterocycles. The fourth-order valence-corrected chi connectivity index (χ4v) is 3.61. The zero-order valence-corrected chi connectivity index (χ0v) is 17.5. The smallest absolute Gasteiger partial charge is 0.323 e. The summed E-state index contributed by atoms with van der Waals surface area (Å²) in [5.41, 5.74) is 3.04. The minimum atomic E-state index is -0.800. The van der Waals surface area contributed by atoms with E-state index in [2.05, 4.69) is 16.0 Å². The Labute approximate surface area is 186 Å². The van der Waals surface area contributed by atoms with Crippen LogP contribution >= 0.6 is 0 Å². The summed E-state index contributed by atoms with van der Waals surface area (Å²) in [6, 6.07) is 24.9. The highest BCUT2D eigenvalue weighted by atomic mass is 16.2. The van der Waals surface area contributed by atoms with Gasteiger partial charge in [-0.15, -0.1) is 0 Å². The Morgan fingerprint density at radius 1 is 0.875 bits per heavy atom. The summed E-state index contributed by atoms with van der Waals surface area (Å²) in [4.78, 5) is 39.6. The van der Waals surface area contributed by atoms with Crippen LogP contribution in [-0.4, -0.2) is 30.4 Å². The minimum absolute atomic E-state index is 0.119. The SMILES string of the molecule is O=C1CN(C(=O)N[C@H](Cc2ccccc2)C(=O)NCc2ccccc2)c2ccccc2N1. The highest BCUT2D eigenvalue weighted by Crippen LogP contribution is 2.28. The number of nitrogens with one attached hydrogen (secondary N) is 3. The first kappa shape index (κ1) is 21.1. The number of anilines is 2. The van der Waals surface area contributed by atoms with E-state index in [1.807, 2.05) is 60.7 Å². The predicted molar refractivity (Wildman–Crippen MR) is 123 cm³/mol. The molecule has 32 heavy (non-hydrogen) atoms. The Morgan fingerprint density at radius 3 is 2.22 bits per heavy atom. The van der Waals surface area contributed by atoms with Crippen LogP contribution in [0.25, 0.3) is 0 Å². The van der Waals surface area contributed by atoms with Gasteiger partial charge in [0.15, 0.2) is 0 Å². The second kappa shape index (κ2) is 9.78. The highest BCUT2D eigenvalue weighted by Gasteiger charge is 2.30. The first-order valence-electron chi connectivity index (χ1n) is 10.4. The average molecular weight is 428 g/mol. The van der Waals surface area contributed by atoms with Crippen LogP contribution in [0.4, 0.5) is 16.2 Å². The number of benzene rings is 3. The quantitative estimate of drug-likeness (QED) is 0.564. The van der Waals surface area contributed by atoms with E-state index in [1.54, 1.807) is 24.3 Å². The van der Waals surface area contributed by atoms with Crippen LogP contribution in [-0.2, 0) is 22.6 Å². The van der Waals surface area contributed by atoms with Gasteiger partial charge in [0.2, 0.25) is 11.8 Å². The van der Waals surface area contributed by atoms with E-state index in [-0.39, 0.29) is 18.4 Å². The molecule has 0 spiro atoms. The zero-order valence-electron chi connectivity index (χ0n) is 17.5. The Morgan fingerprint density at radius 2 is 1.50 bits per heavy atom. The van der Waals surface area contributed by atoms with Crippen molar-refractivity contribution in [2.45, 2.75) is 19.0 Å². The van der Waals surface area contributed by atoms with E-state index in [0.29, 0.717) is 24.3 Å². The molecule has 7 nitrogen and oxygen atoms in total. The van der Waals surface area contributed by atoms with Crippen molar-refractivity contribution in [3.8, 4) is 0 Å². The average Bonchev–Trinajstić information content (AvgIpc) is 2.82. The van der Waals surface area contributed by atoms with Crippen LogP contribution in [0.1, 0.15) is 11.1 Å². The molecule has 1 aliphatic rings. The normalized spacial score (nSPS) is 13.5. The number of carbonyl (C=O) groups excluding carboxylic acids is 3. The molecule has 3 N–H and O–H groups in total. The Bertz CT molecular complexity index is 1100. The van der Waals surface area contributed by atoms with Gasteiger partial charge in [-0.25, -0.2) is 4.79 Å². The van der Waals surface area contributed by atoms with Crippen molar-refractivity contribution >= 4 is 29.2 Å². The van der Waals surface area contributed by atoms with Gasteiger partial charge in [0.25, 0.3) is 0 Å². The van der Waals surface area contributed by atoms with Crippen molar-refractivity contribution in [2.24, 2.45) is 0 Å². The Balaban J connectivity index is 1.51. The number of rotatable bonds is 6. The minimum Gasteiger partial charge on any atom is -0.350 e. The Kier molecular flexibility index (Phi) is 6.46. The molecule has 162 valence electrons. The van der Waals surface area contributed by atoms with Crippen LogP contribution in [0, 0.1) is 0 Å². The first-order valence-corrected chi connectivity index (χ1v) is 10.4. The summed E-state index contributed by atoms with van der Waals surface area (Å²) in [6.45, 7) is 0.238. The van der Waals surface area contributed by atoms with Gasteiger partial charge in [0.1, 0.15) is 12.6 Å². The molecule has 0 radical (unpaired) electrons. The summed E-state index contributed by atoms with van der Waals surface area (Å²) in [5, 5.41) is 8.49. The van der Waals surface area contributed by atoms with Crippen LogP contribution in [0.3, 0.4) is 0 Å². The second-order valence-electron chi connectivity index (χ2n) is 7.55. The monoisotopic (exact) mass is 428 g/mol. The molecule has 4 rings (SSSR count). The molecule has 3 aromatic rings. The van der Waals surface area contributed by atoms with Gasteiger partial charge in [-0.3, -0.25) is 14.5 Å². The Hall–Kier alpha value is -4.13. The van der Waals surface area contributed by atoms with Gasteiger partial charge < -0.3 is 16.0 Å². The summed E-state index contributed by atoms with van der Waals surface area (Å²) in [5.74, 6) is -0.576. The molecular weight excluding hydrogens is 404 g/mol. The number of hydrogen-bond acceptors (Lipinski definition) is 3. The number of urea groups is 1. The van der Waals surface area contributed by atoms with Crippen molar-refractivity contribution in [2.75, 3.05) is 16.8 Å². The fraction of sp³-hybridized carbons (Fsp3) is 0.160. The predicted octanol–water partition coefficient (Wildman–Crippen LogP) is 3.08. The number of amides is 4. The van der Waals surface area contributed by atoms with E-state index < -0.39 is 12.1 Å². The van der Waals surface area contributed by atoms with Crippen LogP contribution in [0.5, 0.6) is 0 Å². The lowest BCUT2D eigenvalue weighted by Crippen LogP contribution is -2.54. The van der Waals surface area contributed by atoms with Crippen molar-refractivity contribution in [3.05, 3.63) is 96.1 Å². The lowest BCUT2D eigenvalue weighted by atomic mass is 10.1. The maximum Gasteiger partial charge on any atom is 0.323 e. The molecule has 1 atom stereocenters. The molecule has 1 heterocycles. The van der Waals surface area contributed by atoms with E-state index >= 15 is 0 Å². The molecule has 0 fully saturated rings. The number of nitrogens with zero attached hydrogens (tertiary/aromatic N) is 1. The molecule has 3 aromatic carbocycles. The third-order valence-electron chi connectivity index (χ3n) is 5.22. The summed E-state index contributed by atoms with van der Waals surface area (Å²) < 4.78 is 0. The topological polar surface area (TPSA) is 90.5 Å². The second-order valence-corrected chi connectivity index (χ2v) is 7.55. The largest absolute Gasteiger partial charge is 0.350 e. The number of carbonyl (C=O) groups is 3. The summed E-state index contributed by atoms with van der Waals surface area (Å²) >= 11 is 0. The van der Waals surface area contributed by atoms with Crippen LogP contribution in [0.2, 0.25) is 0 Å². The van der Waals surface area contributed by atoms with Crippen LogP contribution < -0.4 is 20.9 Å². The molecule has 4 amide bonds. The van der Waals surface area contributed by atoms with Crippen molar-refractivity contribution in [3.63, 3.8) is 0 Å². The number of fused-ring (bicyclic) bond motifs is 1. The third-order valence-corrected chi connectivity index (χ3v) is 5.22. The number of para-hydroxylation sites is 2. The molecule has 7 heteroatoms. The van der Waals surface area contributed by atoms with Gasteiger partial charge >= 0.3 is 6.03 Å². The summed E-state index contributed by atoms with van der Waals surface area (Å²) in [7, 11) is 0. The molecular formula is C25H24N4O3. The highest BCUT2D eigenvalue weighted by molar-refractivity contribution is 6.10. The van der Waals surface area contributed by atoms with Crippen molar-refractivity contribution < 1.29 is 14.4 Å². The third kappa shape index (κ3) is 5.13. The van der Waals surface area contributed by atoms with Gasteiger partial charge in [0.05, 0.1) is 11.4 Å². The number of hydrogen-bond donors (Lipinski definition) is 3. The fourth-order valence-electron chi connectivity index (χ4n) is 3.61. The van der Waals surface area contributed by atoms with E-state index in [1.165, 1.54) is 4.90 Å². The summed E-state index contributed by atoms with van der Waals surface area (Å²) in [6.07, 6.45) is 0.328. The maximum absolute atomic E-state index is 13.1. The first-order chi connectivity index (χ1) is 15.6. The van der Waals surface area contributed by atoms with Crippen molar-refractivity contribution in [1.82, 2.24) is 10.6 Å². The van der Waals surface area contributed by atoms with Gasteiger partial charge in [-0.05, 0) is 23.3 Å². The van der Waals surface area contributed by atoms with Crippen molar-refractivity contribution in [1.29, 1.82) is 0 Å². The molecule has 0 aromatic heterocycles. The van der Waals surface area contributed by atoms with Crippen LogP contribution in [0.15, 0.2) is 84.9 Å². The van der Waals surface area contributed by atoms with E-state index in [0.717, 1.165) is 11.1 Å².